The molecule has 6 nitrogen and oxygen atoms in total. The summed E-state index contributed by atoms with van der Waals surface area (Å²) in [7, 11) is 0. The molecule has 1 aliphatic heterocycles. The summed E-state index contributed by atoms with van der Waals surface area (Å²) < 4.78 is 0. The standard InChI is InChI=1S/C18H22N2O4/c1-12-2-4-13(5-3-12)15(21)20-10-6-14(7-11-20)19-16(22)18(8-9-18)17(23)24/h2-5,14H,6-11H2,1H3,(H,19,22)(H,23,24). The molecule has 1 saturated heterocycles. The van der Waals surface area contributed by atoms with Crippen molar-refractivity contribution in [1.82, 2.24) is 10.2 Å². The van der Waals surface area contributed by atoms with E-state index in [9.17, 15) is 14.4 Å². The number of aryl methyl sites for hydroxylation is 1. The Morgan fingerprint density at radius 1 is 1.12 bits per heavy atom. The minimum Gasteiger partial charge on any atom is -0.480 e. The van der Waals surface area contributed by atoms with Gasteiger partial charge in [-0.3, -0.25) is 14.4 Å². The topological polar surface area (TPSA) is 86.7 Å². The van der Waals surface area contributed by atoms with Gasteiger partial charge in [0.05, 0.1) is 0 Å². The van der Waals surface area contributed by atoms with Crippen molar-refractivity contribution in [3.8, 4) is 0 Å². The smallest absolute Gasteiger partial charge is 0.319 e. The van der Waals surface area contributed by atoms with Crippen LogP contribution in [0.3, 0.4) is 0 Å². The Labute approximate surface area is 140 Å². The molecule has 2 amide bonds. The van der Waals surface area contributed by atoms with E-state index >= 15 is 0 Å². The molecule has 1 aromatic rings. The van der Waals surface area contributed by atoms with Crippen molar-refractivity contribution in [3.63, 3.8) is 0 Å². The van der Waals surface area contributed by atoms with E-state index in [-0.39, 0.29) is 17.9 Å². The molecule has 0 atom stereocenters. The van der Waals surface area contributed by atoms with Crippen LogP contribution < -0.4 is 5.32 Å². The zero-order chi connectivity index (χ0) is 17.3. The third-order valence-corrected chi connectivity index (χ3v) is 5.01. The number of benzene rings is 1. The van der Waals surface area contributed by atoms with Crippen molar-refractivity contribution in [3.05, 3.63) is 35.4 Å². The molecule has 2 fully saturated rings. The molecular weight excluding hydrogens is 308 g/mol. The average molecular weight is 330 g/mol. The molecule has 2 aliphatic rings. The minimum absolute atomic E-state index is 0.00368. The van der Waals surface area contributed by atoms with Crippen LogP contribution in [0.1, 0.15) is 41.6 Å². The first kappa shape index (κ1) is 16.5. The normalized spacial score (nSPS) is 19.6. The highest BCUT2D eigenvalue weighted by Crippen LogP contribution is 2.46. The molecule has 128 valence electrons. The van der Waals surface area contributed by atoms with Crippen LogP contribution in [0.4, 0.5) is 0 Å². The Morgan fingerprint density at radius 3 is 2.21 bits per heavy atom. The molecule has 1 heterocycles. The molecule has 0 spiro atoms. The van der Waals surface area contributed by atoms with E-state index in [4.69, 9.17) is 5.11 Å². The van der Waals surface area contributed by atoms with Crippen LogP contribution in [0.5, 0.6) is 0 Å². The second kappa shape index (κ2) is 6.26. The van der Waals surface area contributed by atoms with Crippen molar-refractivity contribution in [2.45, 2.75) is 38.6 Å². The van der Waals surface area contributed by atoms with Crippen LogP contribution in [0.15, 0.2) is 24.3 Å². The monoisotopic (exact) mass is 330 g/mol. The van der Waals surface area contributed by atoms with Gasteiger partial charge in [-0.25, -0.2) is 0 Å². The first-order chi connectivity index (χ1) is 11.4. The van der Waals surface area contributed by atoms with E-state index in [0.29, 0.717) is 44.3 Å². The van der Waals surface area contributed by atoms with Crippen molar-refractivity contribution in [2.75, 3.05) is 13.1 Å². The van der Waals surface area contributed by atoms with Crippen molar-refractivity contribution in [2.24, 2.45) is 5.41 Å². The van der Waals surface area contributed by atoms with Crippen LogP contribution in [0, 0.1) is 12.3 Å². The van der Waals surface area contributed by atoms with Gasteiger partial charge in [0.1, 0.15) is 5.41 Å². The highest BCUT2D eigenvalue weighted by molar-refractivity contribution is 6.05. The number of amides is 2. The number of carbonyl (C=O) groups is 3. The summed E-state index contributed by atoms with van der Waals surface area (Å²) in [6.45, 7) is 3.11. The third-order valence-electron chi connectivity index (χ3n) is 5.01. The van der Waals surface area contributed by atoms with E-state index in [1.54, 1.807) is 4.90 Å². The number of carboxylic acids is 1. The second-order valence-corrected chi connectivity index (χ2v) is 6.79. The van der Waals surface area contributed by atoms with Gasteiger partial charge in [-0.05, 0) is 44.7 Å². The molecule has 2 N–H and O–H groups in total. The molecule has 24 heavy (non-hydrogen) atoms. The first-order valence-electron chi connectivity index (χ1n) is 8.33. The summed E-state index contributed by atoms with van der Waals surface area (Å²) in [6, 6.07) is 7.43. The lowest BCUT2D eigenvalue weighted by Crippen LogP contribution is -2.49. The summed E-state index contributed by atoms with van der Waals surface area (Å²) in [5, 5.41) is 12.0. The molecular formula is C18H22N2O4. The predicted octanol–water partition coefficient (Wildman–Crippen LogP) is 1.58. The number of carboxylic acid groups (broad SMARTS) is 1. The van der Waals surface area contributed by atoms with Crippen molar-refractivity contribution < 1.29 is 19.5 Å². The van der Waals surface area contributed by atoms with Gasteiger partial charge in [-0.1, -0.05) is 17.7 Å². The molecule has 6 heteroatoms. The van der Waals surface area contributed by atoms with Gasteiger partial charge in [0.2, 0.25) is 5.91 Å². The number of nitrogens with one attached hydrogen (secondary N) is 1. The summed E-state index contributed by atoms with van der Waals surface area (Å²) in [5.74, 6) is -1.41. The van der Waals surface area contributed by atoms with E-state index in [0.717, 1.165) is 5.56 Å². The Bertz CT molecular complexity index is 656. The number of nitrogens with zero attached hydrogens (tertiary/aromatic N) is 1. The van der Waals surface area contributed by atoms with Gasteiger partial charge in [0.15, 0.2) is 0 Å². The van der Waals surface area contributed by atoms with Crippen LogP contribution in [0.2, 0.25) is 0 Å². The van der Waals surface area contributed by atoms with E-state index < -0.39 is 11.4 Å². The Kier molecular flexibility index (Phi) is 4.30. The quantitative estimate of drug-likeness (QED) is 0.821. The lowest BCUT2D eigenvalue weighted by Gasteiger charge is -2.33. The van der Waals surface area contributed by atoms with E-state index in [2.05, 4.69) is 5.32 Å². The number of hydrogen-bond donors (Lipinski definition) is 2. The maximum atomic E-state index is 12.5. The lowest BCUT2D eigenvalue weighted by molar-refractivity contribution is -0.149. The summed E-state index contributed by atoms with van der Waals surface area (Å²) in [4.78, 5) is 37.6. The number of piperidine rings is 1. The molecule has 1 aliphatic carbocycles. The van der Waals surface area contributed by atoms with Gasteiger partial charge in [-0.15, -0.1) is 0 Å². The molecule has 1 aromatic carbocycles. The van der Waals surface area contributed by atoms with Crippen LogP contribution in [-0.2, 0) is 9.59 Å². The Morgan fingerprint density at radius 2 is 1.71 bits per heavy atom. The average Bonchev–Trinajstić information content (AvgIpc) is 3.37. The Hall–Kier alpha value is -2.37. The number of rotatable bonds is 4. The molecule has 0 bridgehead atoms. The maximum Gasteiger partial charge on any atom is 0.319 e. The number of carbonyl (C=O) groups excluding carboxylic acids is 2. The molecule has 0 aromatic heterocycles. The maximum absolute atomic E-state index is 12.5. The SMILES string of the molecule is Cc1ccc(C(=O)N2CCC(NC(=O)C3(C(=O)O)CC3)CC2)cc1. The van der Waals surface area contributed by atoms with Crippen LogP contribution in [0.25, 0.3) is 0 Å². The van der Waals surface area contributed by atoms with Gasteiger partial charge in [0.25, 0.3) is 5.91 Å². The predicted molar refractivity (Wildman–Crippen MR) is 87.6 cm³/mol. The van der Waals surface area contributed by atoms with Gasteiger partial charge < -0.3 is 15.3 Å². The number of likely N-dealkylation sites (tertiary alicyclic amines) is 1. The molecule has 3 rings (SSSR count). The van der Waals surface area contributed by atoms with E-state index in [1.165, 1.54) is 0 Å². The largest absolute Gasteiger partial charge is 0.480 e. The van der Waals surface area contributed by atoms with Gasteiger partial charge >= 0.3 is 5.97 Å². The summed E-state index contributed by atoms with van der Waals surface area (Å²) in [6.07, 6.45) is 2.13. The zero-order valence-electron chi connectivity index (χ0n) is 13.7. The molecule has 0 radical (unpaired) electrons. The molecule has 1 saturated carbocycles. The fourth-order valence-electron chi connectivity index (χ4n) is 3.09. The van der Waals surface area contributed by atoms with E-state index in [1.807, 2.05) is 31.2 Å². The fourth-order valence-corrected chi connectivity index (χ4v) is 3.09. The third kappa shape index (κ3) is 3.13. The van der Waals surface area contributed by atoms with Crippen LogP contribution >= 0.6 is 0 Å². The number of aliphatic carboxylic acids is 1. The zero-order valence-corrected chi connectivity index (χ0v) is 13.7. The summed E-state index contributed by atoms with van der Waals surface area (Å²) >= 11 is 0. The molecule has 0 unspecified atom stereocenters. The summed E-state index contributed by atoms with van der Waals surface area (Å²) in [5.41, 5.74) is 0.584. The Balaban J connectivity index is 1.52. The number of hydrogen-bond acceptors (Lipinski definition) is 3. The minimum atomic E-state index is -1.20. The second-order valence-electron chi connectivity index (χ2n) is 6.79. The van der Waals surface area contributed by atoms with Crippen molar-refractivity contribution in [1.29, 1.82) is 0 Å². The van der Waals surface area contributed by atoms with Gasteiger partial charge in [0, 0.05) is 24.7 Å². The van der Waals surface area contributed by atoms with Gasteiger partial charge in [-0.2, -0.15) is 0 Å². The highest BCUT2D eigenvalue weighted by atomic mass is 16.4. The lowest BCUT2D eigenvalue weighted by atomic mass is 10.0. The van der Waals surface area contributed by atoms with Crippen LogP contribution in [-0.4, -0.2) is 46.9 Å². The first-order valence-corrected chi connectivity index (χ1v) is 8.33. The fraction of sp³-hybridized carbons (Fsp3) is 0.500. The highest BCUT2D eigenvalue weighted by Gasteiger charge is 2.57. The van der Waals surface area contributed by atoms with Crippen molar-refractivity contribution >= 4 is 17.8 Å².